The molecule has 0 bridgehead atoms. The summed E-state index contributed by atoms with van der Waals surface area (Å²) >= 11 is 0. The lowest BCUT2D eigenvalue weighted by molar-refractivity contribution is -0.161. The van der Waals surface area contributed by atoms with Gasteiger partial charge in [-0.1, -0.05) is 309 Å². The van der Waals surface area contributed by atoms with Gasteiger partial charge in [-0.2, -0.15) is 0 Å². The topological polar surface area (TPSA) is 231 Å². The third-order valence-electron chi connectivity index (χ3n) is 17.1. The van der Waals surface area contributed by atoms with E-state index in [1.165, 1.54) is 135 Å². The molecule has 0 fully saturated rings. The molecule has 18 heteroatoms. The molecular weight excluding hydrogens is 1340 g/mol. The minimum Gasteiger partial charge on any atom is -0.463 e. The van der Waals surface area contributed by atoms with Gasteiger partial charge in [0, 0.05) is 19.3 Å². The van der Waals surface area contributed by atoms with Crippen LogP contribution < -0.4 is 0 Å². The molecule has 4 N–H and O–H groups in total. The minimum absolute atomic E-state index is 0.0927. The molecule has 0 radical (unpaired) electrons. The van der Waals surface area contributed by atoms with Crippen molar-refractivity contribution in [3.8, 4) is 0 Å². The maximum absolute atomic E-state index is 13.0. The summed E-state index contributed by atoms with van der Waals surface area (Å²) in [6.07, 6.45) is 92.4. The molecule has 5 atom stereocenters. The largest absolute Gasteiger partial charge is 0.472 e. The van der Waals surface area contributed by atoms with Crippen LogP contribution in [0.3, 0.4) is 0 Å². The molecule has 0 spiro atoms. The fourth-order valence-electron chi connectivity index (χ4n) is 10.9. The van der Waals surface area contributed by atoms with E-state index >= 15 is 0 Å². The molecule has 0 aromatic heterocycles. The van der Waals surface area contributed by atoms with Crippen LogP contribution in [0.15, 0.2) is 122 Å². The van der Waals surface area contributed by atoms with Crippen LogP contribution in [0.1, 0.15) is 342 Å². The number of aliphatic hydroxyl groups excluding tert-OH is 2. The second-order valence-electron chi connectivity index (χ2n) is 27.2. The zero-order chi connectivity index (χ0) is 75.2. The Kier molecular flexibility index (Phi) is 74.5. The molecule has 0 saturated heterocycles. The van der Waals surface area contributed by atoms with Crippen LogP contribution in [0.2, 0.25) is 0 Å². The van der Waals surface area contributed by atoms with Crippen LogP contribution >= 0.6 is 15.6 Å². The molecule has 0 aromatic carbocycles. The van der Waals surface area contributed by atoms with Gasteiger partial charge in [-0.05, 0) is 135 Å². The average molecular weight is 1490 g/mol. The maximum Gasteiger partial charge on any atom is 0.472 e. The first-order valence-corrected chi connectivity index (χ1v) is 43.8. The number of carbonyl (C=O) groups is 3. The summed E-state index contributed by atoms with van der Waals surface area (Å²) in [6.45, 7) is 2.55. The Morgan fingerprint density at radius 3 is 0.845 bits per heavy atom. The molecule has 0 aliphatic rings. The van der Waals surface area contributed by atoms with Gasteiger partial charge in [0.05, 0.1) is 26.4 Å². The number of esters is 3. The Morgan fingerprint density at radius 2 is 0.515 bits per heavy atom. The van der Waals surface area contributed by atoms with Gasteiger partial charge in [-0.25, -0.2) is 9.13 Å². The molecule has 0 aromatic rings. The lowest BCUT2D eigenvalue weighted by Gasteiger charge is -2.21. The van der Waals surface area contributed by atoms with E-state index < -0.39 is 91.5 Å². The first-order chi connectivity index (χ1) is 50.2. The Bertz CT molecular complexity index is 2360. The van der Waals surface area contributed by atoms with E-state index in [-0.39, 0.29) is 19.3 Å². The lowest BCUT2D eigenvalue weighted by atomic mass is 10.0. The number of rotatable bonds is 77. The number of unbranched alkanes of at least 4 members (excludes halogenated alkanes) is 34. The number of hydrogen-bond donors (Lipinski definition) is 4. The van der Waals surface area contributed by atoms with Gasteiger partial charge in [0.2, 0.25) is 0 Å². The van der Waals surface area contributed by atoms with Crippen LogP contribution in [-0.2, 0) is 55.8 Å². The highest BCUT2D eigenvalue weighted by Crippen LogP contribution is 2.45. The summed E-state index contributed by atoms with van der Waals surface area (Å²) in [5.41, 5.74) is 0. The Morgan fingerprint density at radius 1 is 0.282 bits per heavy atom. The van der Waals surface area contributed by atoms with Crippen LogP contribution in [-0.4, -0.2) is 95.9 Å². The SMILES string of the molecule is CC/C=C\C/C=C\C/C=C\C/C=C\C/C=C\CCCCCCCCCCCCCC(=O)OCC(O)COP(=O)(O)OCC(O)COP(=O)(O)OCC(COC(=O)CCCCCCCCCCC/C=C\C/C=C\C/C=C\C/C=C\CCCCC)OC(=O)CCCCCCC/C=C\CCCCCCCC. The number of aliphatic hydroxyl groups is 2. The van der Waals surface area contributed by atoms with Gasteiger partial charge in [0.15, 0.2) is 6.10 Å². The average Bonchev–Trinajstić information content (AvgIpc) is 0.922. The van der Waals surface area contributed by atoms with E-state index in [0.717, 1.165) is 148 Å². The Hall–Kier alpha value is -4.05. The maximum atomic E-state index is 13.0. The molecular formula is C85H148O16P2. The van der Waals surface area contributed by atoms with Crippen molar-refractivity contribution in [2.75, 3.05) is 39.6 Å². The van der Waals surface area contributed by atoms with Gasteiger partial charge in [-0.3, -0.25) is 32.5 Å². The van der Waals surface area contributed by atoms with Gasteiger partial charge in [-0.15, -0.1) is 0 Å². The van der Waals surface area contributed by atoms with Crippen LogP contribution in [0, 0.1) is 0 Å². The lowest BCUT2D eigenvalue weighted by Crippen LogP contribution is -2.30. The van der Waals surface area contributed by atoms with Crippen molar-refractivity contribution in [1.82, 2.24) is 0 Å². The number of phosphoric ester groups is 2. The third kappa shape index (κ3) is 78.8. The Labute approximate surface area is 627 Å². The predicted octanol–water partition coefficient (Wildman–Crippen LogP) is 24.1. The quantitative estimate of drug-likeness (QED) is 0.0146. The van der Waals surface area contributed by atoms with E-state index in [2.05, 4.69) is 142 Å². The Balaban J connectivity index is 4.57. The van der Waals surface area contributed by atoms with Gasteiger partial charge in [0.1, 0.15) is 25.4 Å². The van der Waals surface area contributed by atoms with Crippen molar-refractivity contribution in [2.45, 2.75) is 360 Å². The van der Waals surface area contributed by atoms with Crippen molar-refractivity contribution in [2.24, 2.45) is 0 Å². The smallest absolute Gasteiger partial charge is 0.463 e. The molecule has 5 unspecified atom stereocenters. The highest BCUT2D eigenvalue weighted by atomic mass is 31.2. The van der Waals surface area contributed by atoms with E-state index in [1.807, 2.05) is 0 Å². The van der Waals surface area contributed by atoms with Gasteiger partial charge in [0.25, 0.3) is 0 Å². The fraction of sp³-hybridized carbons (Fsp3) is 0.729. The molecule has 0 amide bonds. The van der Waals surface area contributed by atoms with Crippen molar-refractivity contribution in [1.29, 1.82) is 0 Å². The van der Waals surface area contributed by atoms with E-state index in [1.54, 1.807) is 0 Å². The molecule has 0 saturated carbocycles. The van der Waals surface area contributed by atoms with Crippen molar-refractivity contribution in [3.05, 3.63) is 122 Å². The van der Waals surface area contributed by atoms with Crippen LogP contribution in [0.5, 0.6) is 0 Å². The molecule has 16 nitrogen and oxygen atoms in total. The third-order valence-corrected chi connectivity index (χ3v) is 19.0. The predicted molar refractivity (Wildman–Crippen MR) is 427 cm³/mol. The summed E-state index contributed by atoms with van der Waals surface area (Å²) in [7, 11) is -9.80. The van der Waals surface area contributed by atoms with Crippen molar-refractivity contribution < 1.29 is 75.8 Å². The number of ether oxygens (including phenoxy) is 3. The standard InChI is InChI=1S/C85H148O16P2/c1-4-7-10-13-16-19-22-25-28-30-32-34-36-38-39-41-43-44-46-48-51-53-56-59-62-65-68-71-83(88)95-74-80(86)75-97-102(91,92)98-76-81(87)77-99-103(93,94)100-79-82(101-85(90)73-70-67-64-61-58-55-50-27-24-21-18-15-12-9-6-3)78-96-84(89)72-69-66-63-60-57-54-52-49-47-45-42-40-37-35-33-31-29-26-23-20-17-14-11-8-5-2/h7,10,16-17,19-20,25-29,32-35,38-40,42,50,80-82,86-87H,4-6,8-9,11-15,18,21-24,30-31,36-37,41,43-49,51-79H2,1-3H3,(H,91,92)(H,93,94)/b10-7-,19-16-,20-17-,28-25-,29-26-,34-32-,35-33-,39-38-,42-40-,50-27-. The van der Waals surface area contributed by atoms with Gasteiger partial charge >= 0.3 is 33.6 Å². The van der Waals surface area contributed by atoms with Crippen molar-refractivity contribution >= 4 is 33.6 Å². The number of allylic oxidation sites excluding steroid dienone is 20. The summed E-state index contributed by atoms with van der Waals surface area (Å²) in [5.74, 6) is -1.59. The van der Waals surface area contributed by atoms with Crippen molar-refractivity contribution in [3.63, 3.8) is 0 Å². The van der Waals surface area contributed by atoms with E-state index in [0.29, 0.717) is 19.3 Å². The summed E-state index contributed by atoms with van der Waals surface area (Å²) < 4.78 is 61.2. The molecule has 103 heavy (non-hydrogen) atoms. The van der Waals surface area contributed by atoms with Gasteiger partial charge < -0.3 is 34.2 Å². The highest BCUT2D eigenvalue weighted by Gasteiger charge is 2.29. The molecule has 0 rings (SSSR count). The number of carbonyl (C=O) groups excluding carboxylic acids is 3. The molecule has 594 valence electrons. The number of hydrogen-bond acceptors (Lipinski definition) is 14. The summed E-state index contributed by atoms with van der Waals surface area (Å²) in [6, 6.07) is 0. The van der Waals surface area contributed by atoms with E-state index in [4.69, 9.17) is 32.3 Å². The first-order valence-electron chi connectivity index (χ1n) is 40.8. The molecule has 0 aliphatic carbocycles. The second-order valence-corrected chi connectivity index (χ2v) is 30.1. The number of phosphoric acid groups is 2. The zero-order valence-electron chi connectivity index (χ0n) is 65.0. The summed E-state index contributed by atoms with van der Waals surface area (Å²) in [4.78, 5) is 58.7. The summed E-state index contributed by atoms with van der Waals surface area (Å²) in [5, 5.41) is 20.7. The monoisotopic (exact) mass is 1490 g/mol. The second kappa shape index (κ2) is 77.6. The van der Waals surface area contributed by atoms with E-state index in [9.17, 15) is 43.5 Å². The molecule has 0 aliphatic heterocycles. The minimum atomic E-state index is -4.94. The van der Waals surface area contributed by atoms with Crippen LogP contribution in [0.25, 0.3) is 0 Å². The zero-order valence-corrected chi connectivity index (χ0v) is 66.7. The normalized spacial score (nSPS) is 14.6. The first kappa shape index (κ1) is 98.9. The molecule has 0 heterocycles. The highest BCUT2D eigenvalue weighted by molar-refractivity contribution is 7.47. The van der Waals surface area contributed by atoms with Crippen LogP contribution in [0.4, 0.5) is 0 Å². The fourth-order valence-corrected chi connectivity index (χ4v) is 12.5.